The maximum atomic E-state index is 10.9. The van der Waals surface area contributed by atoms with Crippen LogP contribution in [-0.2, 0) is 14.3 Å². The Labute approximate surface area is 86.4 Å². The molecule has 0 aromatic heterocycles. The Hall–Kier alpha value is -0.750. The van der Waals surface area contributed by atoms with Gasteiger partial charge in [0.2, 0.25) is 5.44 Å². The fourth-order valence-corrected chi connectivity index (χ4v) is 1.34. The molecular weight excluding hydrogens is 208 g/mol. The van der Waals surface area contributed by atoms with E-state index in [1.807, 2.05) is 6.92 Å². The van der Waals surface area contributed by atoms with Gasteiger partial charge in [0.15, 0.2) is 0 Å². The van der Waals surface area contributed by atoms with Crippen LogP contribution >= 0.6 is 11.8 Å². The first kappa shape index (κ1) is 13.2. The summed E-state index contributed by atoms with van der Waals surface area (Å²) in [4.78, 5) is 21.5. The van der Waals surface area contributed by atoms with E-state index in [0.29, 0.717) is 5.75 Å². The number of aliphatic carboxylic acids is 1. The molecule has 0 aromatic rings. The van der Waals surface area contributed by atoms with Gasteiger partial charge in [-0.1, -0.05) is 6.92 Å². The van der Waals surface area contributed by atoms with Crippen LogP contribution in [0.2, 0.25) is 0 Å². The molecule has 2 atom stereocenters. The first-order valence-electron chi connectivity index (χ1n) is 4.22. The summed E-state index contributed by atoms with van der Waals surface area (Å²) in [6.45, 7) is 3.12. The lowest BCUT2D eigenvalue weighted by Crippen LogP contribution is -2.29. The largest absolute Gasteiger partial charge is 0.478 e. The van der Waals surface area contributed by atoms with Gasteiger partial charge in [-0.05, 0) is 19.1 Å². The van der Waals surface area contributed by atoms with Crippen molar-refractivity contribution in [1.82, 2.24) is 0 Å². The normalized spacial score (nSPS) is 14.5. The van der Waals surface area contributed by atoms with Crippen LogP contribution in [0.1, 0.15) is 20.3 Å². The minimum Gasteiger partial charge on any atom is -0.478 e. The maximum absolute atomic E-state index is 10.9. The zero-order chi connectivity index (χ0) is 11.1. The molecule has 2 N–H and O–H groups in total. The number of thioether (sulfide) groups is 1. The lowest BCUT2D eigenvalue weighted by molar-refractivity contribution is -0.163. The number of hydrogen-bond donors (Lipinski definition) is 2. The second-order valence-electron chi connectivity index (χ2n) is 2.65. The van der Waals surface area contributed by atoms with E-state index in [-0.39, 0.29) is 0 Å². The summed E-state index contributed by atoms with van der Waals surface area (Å²) >= 11 is 1.02. The van der Waals surface area contributed by atoms with Crippen LogP contribution < -0.4 is 0 Å². The summed E-state index contributed by atoms with van der Waals surface area (Å²) in [5.41, 5.74) is -1.22. The molecule has 82 valence electrons. The van der Waals surface area contributed by atoms with Crippen molar-refractivity contribution < 1.29 is 24.5 Å². The molecule has 2 unspecified atom stereocenters. The quantitative estimate of drug-likeness (QED) is 0.502. The minimum atomic E-state index is -1.29. The Kier molecular flexibility index (Phi) is 6.31. The van der Waals surface area contributed by atoms with E-state index in [9.17, 15) is 9.59 Å². The molecule has 0 bridgehead atoms. The third kappa shape index (κ3) is 5.08. The number of esters is 1. The molecule has 0 saturated carbocycles. The molecular formula is C8H14O5S. The van der Waals surface area contributed by atoms with Crippen molar-refractivity contribution in [3.05, 3.63) is 0 Å². The summed E-state index contributed by atoms with van der Waals surface area (Å²) in [5, 5.41) is 17.5. The van der Waals surface area contributed by atoms with E-state index in [2.05, 4.69) is 4.74 Å². The number of hydrogen-bond acceptors (Lipinski definition) is 5. The van der Waals surface area contributed by atoms with E-state index in [1.165, 1.54) is 6.92 Å². The van der Waals surface area contributed by atoms with Crippen LogP contribution in [-0.4, -0.2) is 39.4 Å². The number of rotatable bonds is 6. The number of carbonyl (C=O) groups excluding carboxylic acids is 1. The average Bonchev–Trinajstić information content (AvgIpc) is 2.10. The van der Waals surface area contributed by atoms with Gasteiger partial charge in [0.25, 0.3) is 0 Å². The highest BCUT2D eigenvalue weighted by Crippen LogP contribution is 2.14. The zero-order valence-corrected chi connectivity index (χ0v) is 8.91. The fourth-order valence-electron chi connectivity index (χ4n) is 0.585. The molecule has 0 saturated heterocycles. The predicted octanol–water partition coefficient (Wildman–Crippen LogP) is 0.464. The number of ether oxygens (including phenoxy) is 1. The third-order valence-corrected chi connectivity index (χ3v) is 2.48. The van der Waals surface area contributed by atoms with E-state index < -0.39 is 23.5 Å². The molecule has 0 spiro atoms. The van der Waals surface area contributed by atoms with Crippen LogP contribution in [0.3, 0.4) is 0 Å². The number of aliphatic hydroxyl groups is 1. The van der Waals surface area contributed by atoms with Gasteiger partial charge in [-0.15, -0.1) is 11.8 Å². The van der Waals surface area contributed by atoms with Gasteiger partial charge in [0, 0.05) is 0 Å². The second-order valence-corrected chi connectivity index (χ2v) is 3.82. The highest BCUT2D eigenvalue weighted by atomic mass is 32.2. The molecule has 0 amide bonds. The maximum Gasteiger partial charge on any atom is 0.355 e. The number of aliphatic hydroxyl groups excluding tert-OH is 1. The van der Waals surface area contributed by atoms with E-state index in [4.69, 9.17) is 10.2 Å². The van der Waals surface area contributed by atoms with E-state index in [1.54, 1.807) is 0 Å². The second kappa shape index (κ2) is 6.67. The van der Waals surface area contributed by atoms with E-state index >= 15 is 0 Å². The Bertz CT molecular complexity index is 204. The first-order chi connectivity index (χ1) is 6.49. The monoisotopic (exact) mass is 222 g/mol. The molecule has 0 heterocycles. The number of carboxylic acid groups (broad SMARTS) is 1. The van der Waals surface area contributed by atoms with Crippen molar-refractivity contribution in [2.45, 2.75) is 31.8 Å². The van der Waals surface area contributed by atoms with Crippen molar-refractivity contribution in [1.29, 1.82) is 0 Å². The van der Waals surface area contributed by atoms with Crippen molar-refractivity contribution >= 4 is 23.7 Å². The fraction of sp³-hybridized carbons (Fsp3) is 0.750. The highest BCUT2D eigenvalue weighted by Gasteiger charge is 2.24. The van der Waals surface area contributed by atoms with Crippen molar-refractivity contribution in [2.24, 2.45) is 0 Å². The van der Waals surface area contributed by atoms with Crippen LogP contribution in [0, 0.1) is 0 Å². The van der Waals surface area contributed by atoms with Gasteiger partial charge in [-0.2, -0.15) is 0 Å². The Balaban J connectivity index is 4.09. The topological polar surface area (TPSA) is 83.8 Å². The van der Waals surface area contributed by atoms with Gasteiger partial charge < -0.3 is 14.9 Å². The summed E-state index contributed by atoms with van der Waals surface area (Å²) in [7, 11) is 0. The van der Waals surface area contributed by atoms with Gasteiger partial charge in [0.05, 0.1) is 0 Å². The number of carboxylic acids is 1. The Morgan fingerprint density at radius 1 is 1.50 bits per heavy atom. The van der Waals surface area contributed by atoms with Gasteiger partial charge in [0.1, 0.15) is 6.10 Å². The SMILES string of the molecule is CCCSC(OC(=O)C(C)O)C(=O)O. The molecule has 0 aliphatic heterocycles. The highest BCUT2D eigenvalue weighted by molar-refractivity contribution is 8.00. The molecule has 0 aromatic carbocycles. The molecule has 0 aliphatic rings. The van der Waals surface area contributed by atoms with Crippen LogP contribution in [0.5, 0.6) is 0 Å². The average molecular weight is 222 g/mol. The molecule has 14 heavy (non-hydrogen) atoms. The predicted molar refractivity (Wildman–Crippen MR) is 51.9 cm³/mol. The van der Waals surface area contributed by atoms with Gasteiger partial charge in [-0.3, -0.25) is 0 Å². The Morgan fingerprint density at radius 2 is 2.07 bits per heavy atom. The van der Waals surface area contributed by atoms with Gasteiger partial charge in [-0.25, -0.2) is 9.59 Å². The van der Waals surface area contributed by atoms with Crippen LogP contribution in [0.25, 0.3) is 0 Å². The lowest BCUT2D eigenvalue weighted by Gasteiger charge is -2.13. The molecule has 0 aliphatic carbocycles. The number of carbonyl (C=O) groups is 2. The lowest BCUT2D eigenvalue weighted by atomic mass is 10.4. The summed E-state index contributed by atoms with van der Waals surface area (Å²) in [6, 6.07) is 0. The summed E-state index contributed by atoms with van der Waals surface area (Å²) in [6.07, 6.45) is -0.500. The Morgan fingerprint density at radius 3 is 2.43 bits per heavy atom. The molecule has 5 nitrogen and oxygen atoms in total. The van der Waals surface area contributed by atoms with Crippen LogP contribution in [0.15, 0.2) is 0 Å². The van der Waals surface area contributed by atoms with Crippen molar-refractivity contribution in [3.63, 3.8) is 0 Å². The van der Waals surface area contributed by atoms with Gasteiger partial charge >= 0.3 is 11.9 Å². The summed E-state index contributed by atoms with van der Waals surface area (Å²) in [5.74, 6) is -1.54. The zero-order valence-electron chi connectivity index (χ0n) is 8.10. The minimum absolute atomic E-state index is 0.587. The van der Waals surface area contributed by atoms with Crippen LogP contribution in [0.4, 0.5) is 0 Å². The molecule has 6 heteroatoms. The first-order valence-corrected chi connectivity index (χ1v) is 5.26. The standard InChI is InChI=1S/C8H14O5S/c1-3-4-14-8(6(10)11)13-7(12)5(2)9/h5,8-9H,3-4H2,1-2H3,(H,10,11). The van der Waals surface area contributed by atoms with Crippen molar-refractivity contribution in [3.8, 4) is 0 Å². The molecule has 0 fully saturated rings. The van der Waals surface area contributed by atoms with Crippen molar-refractivity contribution in [2.75, 3.05) is 5.75 Å². The smallest absolute Gasteiger partial charge is 0.355 e. The summed E-state index contributed by atoms with van der Waals surface area (Å²) < 4.78 is 4.55. The van der Waals surface area contributed by atoms with E-state index in [0.717, 1.165) is 18.2 Å². The molecule has 0 rings (SSSR count). The third-order valence-electron chi connectivity index (χ3n) is 1.24. The molecule has 0 radical (unpaired) electrons.